The van der Waals surface area contributed by atoms with Crippen molar-refractivity contribution in [2.45, 2.75) is 46.2 Å². The van der Waals surface area contributed by atoms with Crippen LogP contribution >= 0.6 is 0 Å². The predicted octanol–water partition coefficient (Wildman–Crippen LogP) is 0.768. The van der Waals surface area contributed by atoms with Gasteiger partial charge in [0.25, 0.3) is 0 Å². The van der Waals surface area contributed by atoms with Gasteiger partial charge in [0.05, 0.1) is 6.54 Å². The van der Waals surface area contributed by atoms with E-state index in [2.05, 4.69) is 5.32 Å². The summed E-state index contributed by atoms with van der Waals surface area (Å²) in [6.07, 6.45) is 0.877. The smallest absolute Gasteiger partial charge is 0.243 e. The zero-order valence-corrected chi connectivity index (χ0v) is 9.91. The van der Waals surface area contributed by atoms with Crippen LogP contribution < -0.4 is 5.32 Å². The van der Waals surface area contributed by atoms with Crippen LogP contribution in [0.25, 0.3) is 0 Å². The SMILES string of the molecule is CCC(C)N1C(=O)CNC(=O)C1C(C)C. The van der Waals surface area contributed by atoms with Crippen LogP contribution in [0.2, 0.25) is 0 Å². The van der Waals surface area contributed by atoms with Gasteiger partial charge in [0.1, 0.15) is 6.04 Å². The molecule has 1 N–H and O–H groups in total. The average Bonchev–Trinajstić information content (AvgIpc) is 2.19. The molecule has 4 nitrogen and oxygen atoms in total. The third kappa shape index (κ3) is 2.30. The third-order valence-electron chi connectivity index (χ3n) is 2.97. The summed E-state index contributed by atoms with van der Waals surface area (Å²) in [4.78, 5) is 25.2. The van der Waals surface area contributed by atoms with Gasteiger partial charge in [0.2, 0.25) is 11.8 Å². The summed E-state index contributed by atoms with van der Waals surface area (Å²) in [5, 5.41) is 2.64. The van der Waals surface area contributed by atoms with Gasteiger partial charge in [-0.05, 0) is 19.3 Å². The van der Waals surface area contributed by atoms with Crippen molar-refractivity contribution in [3.05, 3.63) is 0 Å². The Labute approximate surface area is 91.0 Å². The Balaban J connectivity index is 2.93. The van der Waals surface area contributed by atoms with E-state index >= 15 is 0 Å². The lowest BCUT2D eigenvalue weighted by Crippen LogP contribution is -2.62. The molecule has 2 atom stereocenters. The van der Waals surface area contributed by atoms with Gasteiger partial charge in [-0.3, -0.25) is 9.59 Å². The maximum atomic E-state index is 11.8. The first-order valence-electron chi connectivity index (χ1n) is 5.57. The molecule has 1 aliphatic heterocycles. The number of piperazine rings is 1. The number of carbonyl (C=O) groups is 2. The van der Waals surface area contributed by atoms with E-state index in [4.69, 9.17) is 0 Å². The summed E-state index contributed by atoms with van der Waals surface area (Å²) in [5.74, 6) is 0.163. The monoisotopic (exact) mass is 212 g/mol. The lowest BCUT2D eigenvalue weighted by molar-refractivity contribution is -0.150. The molecule has 0 bridgehead atoms. The molecule has 4 heteroatoms. The number of nitrogens with one attached hydrogen (secondary N) is 1. The van der Waals surface area contributed by atoms with Crippen LogP contribution in [0.15, 0.2) is 0 Å². The van der Waals surface area contributed by atoms with Gasteiger partial charge in [-0.25, -0.2) is 0 Å². The summed E-state index contributed by atoms with van der Waals surface area (Å²) in [6.45, 7) is 8.11. The van der Waals surface area contributed by atoms with Gasteiger partial charge in [0, 0.05) is 6.04 Å². The summed E-state index contributed by atoms with van der Waals surface area (Å²) >= 11 is 0. The Morgan fingerprint density at radius 3 is 2.47 bits per heavy atom. The summed E-state index contributed by atoms with van der Waals surface area (Å²) < 4.78 is 0. The van der Waals surface area contributed by atoms with E-state index in [-0.39, 0.29) is 36.4 Å². The maximum Gasteiger partial charge on any atom is 0.243 e. The molecule has 1 saturated heterocycles. The second kappa shape index (κ2) is 4.64. The van der Waals surface area contributed by atoms with Crippen LogP contribution in [-0.4, -0.2) is 35.3 Å². The van der Waals surface area contributed by atoms with Gasteiger partial charge < -0.3 is 10.2 Å². The van der Waals surface area contributed by atoms with Crippen molar-refractivity contribution in [3.8, 4) is 0 Å². The van der Waals surface area contributed by atoms with E-state index in [1.807, 2.05) is 27.7 Å². The number of amides is 2. The lowest BCUT2D eigenvalue weighted by Gasteiger charge is -2.40. The first kappa shape index (κ1) is 12.0. The van der Waals surface area contributed by atoms with Gasteiger partial charge in [0.15, 0.2) is 0 Å². The van der Waals surface area contributed by atoms with Crippen molar-refractivity contribution in [1.29, 1.82) is 0 Å². The zero-order chi connectivity index (χ0) is 11.6. The Morgan fingerprint density at radius 1 is 1.40 bits per heavy atom. The van der Waals surface area contributed by atoms with Crippen molar-refractivity contribution in [3.63, 3.8) is 0 Å². The molecule has 1 aliphatic rings. The van der Waals surface area contributed by atoms with Crippen molar-refractivity contribution < 1.29 is 9.59 Å². The normalized spacial score (nSPS) is 24.3. The fourth-order valence-corrected chi connectivity index (χ4v) is 1.98. The van der Waals surface area contributed by atoms with Gasteiger partial charge in [-0.1, -0.05) is 20.8 Å². The molecule has 0 aromatic heterocycles. The molecule has 0 aromatic rings. The average molecular weight is 212 g/mol. The van der Waals surface area contributed by atoms with Crippen molar-refractivity contribution >= 4 is 11.8 Å². The molecule has 15 heavy (non-hydrogen) atoms. The molecule has 0 aromatic carbocycles. The predicted molar refractivity (Wildman–Crippen MR) is 58.2 cm³/mol. The minimum Gasteiger partial charge on any atom is -0.345 e. The van der Waals surface area contributed by atoms with Crippen molar-refractivity contribution in [2.24, 2.45) is 5.92 Å². The van der Waals surface area contributed by atoms with Gasteiger partial charge >= 0.3 is 0 Å². The molecule has 0 aliphatic carbocycles. The van der Waals surface area contributed by atoms with Crippen molar-refractivity contribution in [1.82, 2.24) is 10.2 Å². The third-order valence-corrected chi connectivity index (χ3v) is 2.97. The highest BCUT2D eigenvalue weighted by Crippen LogP contribution is 2.19. The number of carbonyl (C=O) groups excluding carboxylic acids is 2. The van der Waals surface area contributed by atoms with E-state index in [0.29, 0.717) is 0 Å². The van der Waals surface area contributed by atoms with E-state index in [0.717, 1.165) is 6.42 Å². The summed E-state index contributed by atoms with van der Waals surface area (Å²) in [7, 11) is 0. The quantitative estimate of drug-likeness (QED) is 0.751. The molecule has 0 radical (unpaired) electrons. The van der Waals surface area contributed by atoms with Crippen LogP contribution in [0, 0.1) is 5.92 Å². The van der Waals surface area contributed by atoms with E-state index in [1.165, 1.54) is 0 Å². The lowest BCUT2D eigenvalue weighted by atomic mass is 9.97. The zero-order valence-electron chi connectivity index (χ0n) is 9.91. The number of hydrogen-bond donors (Lipinski definition) is 1. The standard InChI is InChI=1S/C11H20N2O2/c1-5-8(4)13-9(14)6-12-11(15)10(13)7(2)3/h7-8,10H,5-6H2,1-4H3,(H,12,15). The first-order chi connectivity index (χ1) is 6.99. The Morgan fingerprint density at radius 2 is 2.00 bits per heavy atom. The summed E-state index contributed by atoms with van der Waals surface area (Å²) in [5.41, 5.74) is 0. The van der Waals surface area contributed by atoms with E-state index in [1.54, 1.807) is 4.90 Å². The Bertz CT molecular complexity index is 263. The molecule has 0 spiro atoms. The molecular weight excluding hydrogens is 192 g/mol. The summed E-state index contributed by atoms with van der Waals surface area (Å²) in [6, 6.07) is -0.169. The van der Waals surface area contributed by atoms with Crippen LogP contribution in [0.5, 0.6) is 0 Å². The molecule has 0 saturated carbocycles. The van der Waals surface area contributed by atoms with Gasteiger partial charge in [-0.15, -0.1) is 0 Å². The second-order valence-corrected chi connectivity index (χ2v) is 4.46. The number of rotatable bonds is 3. The molecule has 86 valence electrons. The molecule has 2 amide bonds. The van der Waals surface area contributed by atoms with E-state index < -0.39 is 0 Å². The topological polar surface area (TPSA) is 49.4 Å². The largest absolute Gasteiger partial charge is 0.345 e. The number of hydrogen-bond acceptors (Lipinski definition) is 2. The molecule has 2 unspecified atom stereocenters. The Kier molecular flexibility index (Phi) is 3.72. The highest BCUT2D eigenvalue weighted by molar-refractivity contribution is 5.95. The first-order valence-corrected chi connectivity index (χ1v) is 5.57. The highest BCUT2D eigenvalue weighted by Gasteiger charge is 2.38. The molecule has 1 rings (SSSR count). The minimum absolute atomic E-state index is 0.0232. The van der Waals surface area contributed by atoms with E-state index in [9.17, 15) is 9.59 Å². The fraction of sp³-hybridized carbons (Fsp3) is 0.818. The van der Waals surface area contributed by atoms with Crippen LogP contribution in [0.4, 0.5) is 0 Å². The van der Waals surface area contributed by atoms with Crippen LogP contribution in [0.3, 0.4) is 0 Å². The molecular formula is C11H20N2O2. The maximum absolute atomic E-state index is 11.8. The molecule has 1 heterocycles. The van der Waals surface area contributed by atoms with Gasteiger partial charge in [-0.2, -0.15) is 0 Å². The number of nitrogens with zero attached hydrogens (tertiary/aromatic N) is 1. The van der Waals surface area contributed by atoms with Crippen LogP contribution in [0.1, 0.15) is 34.1 Å². The minimum atomic E-state index is -0.304. The second-order valence-electron chi connectivity index (χ2n) is 4.46. The van der Waals surface area contributed by atoms with Crippen LogP contribution in [-0.2, 0) is 9.59 Å². The fourth-order valence-electron chi connectivity index (χ4n) is 1.98. The van der Waals surface area contributed by atoms with Crippen molar-refractivity contribution in [2.75, 3.05) is 6.54 Å². The highest BCUT2D eigenvalue weighted by atomic mass is 16.2. The molecule has 1 fully saturated rings. The Hall–Kier alpha value is -1.06.